The lowest BCUT2D eigenvalue weighted by atomic mass is 10.2. The number of aromatic nitrogens is 1. The molecule has 0 aliphatic heterocycles. The van der Waals surface area contributed by atoms with E-state index >= 15 is 0 Å². The molecule has 2 rings (SSSR count). The van der Waals surface area contributed by atoms with Gasteiger partial charge in [0.25, 0.3) is 0 Å². The van der Waals surface area contributed by atoms with Crippen LogP contribution in [0.5, 0.6) is 11.5 Å². The van der Waals surface area contributed by atoms with Gasteiger partial charge in [-0.15, -0.1) is 0 Å². The maximum atomic E-state index is 9.64. The molecule has 0 bridgehead atoms. The summed E-state index contributed by atoms with van der Waals surface area (Å²) in [7, 11) is 0. The van der Waals surface area contributed by atoms with Gasteiger partial charge in [-0.25, -0.2) is 0 Å². The average molecular weight is 259 g/mol. The quantitative estimate of drug-likeness (QED) is 0.866. The number of aliphatic hydroxyl groups is 2. The van der Waals surface area contributed by atoms with Gasteiger partial charge in [0.1, 0.15) is 11.5 Å². The smallest absolute Gasteiger partial charge is 0.145 e. The minimum Gasteiger partial charge on any atom is -0.456 e. The Labute approximate surface area is 112 Å². The first-order valence-electron chi connectivity index (χ1n) is 6.24. The number of aliphatic hydroxyl groups excluding tert-OH is 2. The van der Waals surface area contributed by atoms with Gasteiger partial charge in [-0.2, -0.15) is 0 Å². The highest BCUT2D eigenvalue weighted by atomic mass is 16.5. The van der Waals surface area contributed by atoms with Crippen molar-refractivity contribution in [3.05, 3.63) is 53.9 Å². The van der Waals surface area contributed by atoms with Crippen molar-refractivity contribution >= 4 is 0 Å². The van der Waals surface area contributed by atoms with Gasteiger partial charge in [-0.05, 0) is 36.2 Å². The molecule has 100 valence electrons. The Kier molecular flexibility index (Phi) is 4.49. The first-order chi connectivity index (χ1) is 9.22. The molecule has 0 aliphatic rings. The van der Waals surface area contributed by atoms with E-state index in [1.165, 1.54) is 0 Å². The fraction of sp³-hybridized carbons (Fsp3) is 0.267. The molecule has 0 spiro atoms. The van der Waals surface area contributed by atoms with Crippen molar-refractivity contribution in [3.8, 4) is 11.5 Å². The maximum Gasteiger partial charge on any atom is 0.145 e. The fourth-order valence-corrected chi connectivity index (χ4v) is 1.66. The molecular formula is C15H17NO3. The van der Waals surface area contributed by atoms with Crippen LogP contribution in [0.25, 0.3) is 0 Å². The van der Waals surface area contributed by atoms with Crippen LogP contribution >= 0.6 is 0 Å². The normalized spacial score (nSPS) is 12.2. The third-order valence-electron chi connectivity index (χ3n) is 2.83. The van der Waals surface area contributed by atoms with Gasteiger partial charge in [0.05, 0.1) is 24.6 Å². The third kappa shape index (κ3) is 3.53. The van der Waals surface area contributed by atoms with Crippen molar-refractivity contribution in [1.82, 2.24) is 4.98 Å². The molecule has 1 heterocycles. The summed E-state index contributed by atoms with van der Waals surface area (Å²) in [6, 6.07) is 10.7. The number of rotatable bonds is 5. The molecule has 4 heteroatoms. The first-order valence-corrected chi connectivity index (χ1v) is 6.24. The van der Waals surface area contributed by atoms with Crippen LogP contribution < -0.4 is 4.74 Å². The minimum absolute atomic E-state index is 0.0193. The molecule has 0 saturated heterocycles. The predicted octanol–water partition coefficient (Wildman–Crippen LogP) is 2.81. The molecule has 0 saturated carbocycles. The Morgan fingerprint density at radius 2 is 1.79 bits per heavy atom. The lowest BCUT2D eigenvalue weighted by Crippen LogP contribution is -1.98. The number of pyridine rings is 1. The highest BCUT2D eigenvalue weighted by molar-refractivity contribution is 5.32. The standard InChI is InChI=1S/C15H17NO3/c1-2-15(18)14-8-7-13(9-16-14)19-12-5-3-11(10-17)4-6-12/h3-9,15,17-18H,2,10H2,1H3. The van der Waals surface area contributed by atoms with Gasteiger partial charge in [0.2, 0.25) is 0 Å². The number of hydrogen-bond donors (Lipinski definition) is 2. The number of benzene rings is 1. The minimum atomic E-state index is -0.530. The average Bonchev–Trinajstić information content (AvgIpc) is 2.48. The van der Waals surface area contributed by atoms with E-state index in [0.717, 1.165) is 5.56 Å². The van der Waals surface area contributed by atoms with Crippen molar-refractivity contribution in [2.45, 2.75) is 26.1 Å². The number of nitrogens with zero attached hydrogens (tertiary/aromatic N) is 1. The van der Waals surface area contributed by atoms with Gasteiger partial charge in [-0.3, -0.25) is 4.98 Å². The molecule has 19 heavy (non-hydrogen) atoms. The summed E-state index contributed by atoms with van der Waals surface area (Å²) in [5.74, 6) is 1.30. The summed E-state index contributed by atoms with van der Waals surface area (Å²) in [6.07, 6.45) is 1.70. The van der Waals surface area contributed by atoms with Crippen LogP contribution in [0, 0.1) is 0 Å². The van der Waals surface area contributed by atoms with Crippen LogP contribution in [0.15, 0.2) is 42.6 Å². The molecular weight excluding hydrogens is 242 g/mol. The summed E-state index contributed by atoms with van der Waals surface area (Å²) >= 11 is 0. The Morgan fingerprint density at radius 3 is 2.32 bits per heavy atom. The molecule has 0 amide bonds. The molecule has 1 atom stereocenters. The van der Waals surface area contributed by atoms with Crippen LogP contribution in [-0.4, -0.2) is 15.2 Å². The number of ether oxygens (including phenoxy) is 1. The maximum absolute atomic E-state index is 9.64. The van der Waals surface area contributed by atoms with Crippen molar-refractivity contribution in [3.63, 3.8) is 0 Å². The van der Waals surface area contributed by atoms with Gasteiger partial charge in [0, 0.05) is 0 Å². The van der Waals surface area contributed by atoms with E-state index in [0.29, 0.717) is 23.6 Å². The summed E-state index contributed by atoms with van der Waals surface area (Å²) < 4.78 is 5.62. The molecule has 0 fully saturated rings. The van der Waals surface area contributed by atoms with Crippen LogP contribution in [0.3, 0.4) is 0 Å². The van der Waals surface area contributed by atoms with Gasteiger partial charge in [0.15, 0.2) is 0 Å². The summed E-state index contributed by atoms with van der Waals surface area (Å²) in [6.45, 7) is 1.92. The predicted molar refractivity (Wildman–Crippen MR) is 71.9 cm³/mol. The molecule has 1 aromatic carbocycles. The highest BCUT2D eigenvalue weighted by Gasteiger charge is 2.06. The Hall–Kier alpha value is -1.91. The van der Waals surface area contributed by atoms with E-state index in [1.54, 1.807) is 42.6 Å². The SMILES string of the molecule is CCC(O)c1ccc(Oc2ccc(CO)cc2)cn1. The Balaban J connectivity index is 2.06. The van der Waals surface area contributed by atoms with Crippen molar-refractivity contribution in [2.24, 2.45) is 0 Å². The van der Waals surface area contributed by atoms with E-state index in [-0.39, 0.29) is 6.61 Å². The second-order valence-corrected chi connectivity index (χ2v) is 4.25. The van der Waals surface area contributed by atoms with Crippen LogP contribution in [0.4, 0.5) is 0 Å². The van der Waals surface area contributed by atoms with E-state index in [2.05, 4.69) is 4.98 Å². The topological polar surface area (TPSA) is 62.6 Å². The lowest BCUT2D eigenvalue weighted by Gasteiger charge is -2.09. The van der Waals surface area contributed by atoms with Crippen molar-refractivity contribution in [1.29, 1.82) is 0 Å². The molecule has 2 aromatic rings. The van der Waals surface area contributed by atoms with E-state index < -0.39 is 6.10 Å². The molecule has 1 unspecified atom stereocenters. The second kappa shape index (κ2) is 6.31. The molecule has 4 nitrogen and oxygen atoms in total. The largest absolute Gasteiger partial charge is 0.456 e. The molecule has 2 N–H and O–H groups in total. The van der Waals surface area contributed by atoms with Crippen LogP contribution in [-0.2, 0) is 6.61 Å². The zero-order valence-corrected chi connectivity index (χ0v) is 10.8. The summed E-state index contributed by atoms with van der Waals surface area (Å²) in [5.41, 5.74) is 1.48. The molecule has 0 aliphatic carbocycles. The van der Waals surface area contributed by atoms with Gasteiger partial charge < -0.3 is 14.9 Å². The third-order valence-corrected chi connectivity index (χ3v) is 2.83. The summed E-state index contributed by atoms with van der Waals surface area (Å²) in [5, 5.41) is 18.6. The zero-order chi connectivity index (χ0) is 13.7. The first kappa shape index (κ1) is 13.5. The Bertz CT molecular complexity index is 508. The zero-order valence-electron chi connectivity index (χ0n) is 10.8. The van der Waals surface area contributed by atoms with E-state index in [4.69, 9.17) is 9.84 Å². The molecule has 1 aromatic heterocycles. The van der Waals surface area contributed by atoms with E-state index in [9.17, 15) is 5.11 Å². The van der Waals surface area contributed by atoms with E-state index in [1.807, 2.05) is 6.92 Å². The second-order valence-electron chi connectivity index (χ2n) is 4.25. The number of hydrogen-bond acceptors (Lipinski definition) is 4. The monoisotopic (exact) mass is 259 g/mol. The van der Waals surface area contributed by atoms with Crippen molar-refractivity contribution < 1.29 is 14.9 Å². The summed E-state index contributed by atoms with van der Waals surface area (Å²) in [4.78, 5) is 4.16. The fourth-order valence-electron chi connectivity index (χ4n) is 1.66. The Morgan fingerprint density at radius 1 is 1.11 bits per heavy atom. The van der Waals surface area contributed by atoms with Crippen LogP contribution in [0.1, 0.15) is 30.7 Å². The van der Waals surface area contributed by atoms with Gasteiger partial charge in [-0.1, -0.05) is 19.1 Å². The van der Waals surface area contributed by atoms with Gasteiger partial charge >= 0.3 is 0 Å². The van der Waals surface area contributed by atoms with Crippen molar-refractivity contribution in [2.75, 3.05) is 0 Å². The molecule has 0 radical (unpaired) electrons. The lowest BCUT2D eigenvalue weighted by molar-refractivity contribution is 0.169. The van der Waals surface area contributed by atoms with Crippen LogP contribution in [0.2, 0.25) is 0 Å². The highest BCUT2D eigenvalue weighted by Crippen LogP contribution is 2.22.